The van der Waals surface area contributed by atoms with Gasteiger partial charge in [-0.05, 0) is 44.8 Å². The lowest BCUT2D eigenvalue weighted by Gasteiger charge is -2.16. The highest BCUT2D eigenvalue weighted by Crippen LogP contribution is 2.38. The van der Waals surface area contributed by atoms with Crippen molar-refractivity contribution in [3.63, 3.8) is 0 Å². The van der Waals surface area contributed by atoms with Gasteiger partial charge in [-0.3, -0.25) is 0 Å². The van der Waals surface area contributed by atoms with Crippen LogP contribution >= 0.6 is 0 Å². The maximum Gasteiger partial charge on any atom is 0.203 e. The van der Waals surface area contributed by atoms with Gasteiger partial charge in [0.15, 0.2) is 17.5 Å². The number of guanidine groups is 1. The standard InChI is InChI=1S/C24H36N4O4/c1-7-25-24(26-16-18-14-21(29-4)23(31-6)22(15-18)30-5)27-17-19-10-8-9-11-20(19)32-13-12-28(2)3/h8-11,14-15H,7,12-13,16-17H2,1-6H3,(H2,25,26,27). The highest BCUT2D eigenvalue weighted by Gasteiger charge is 2.13. The van der Waals surface area contributed by atoms with Crippen LogP contribution in [-0.4, -0.2) is 66.0 Å². The fourth-order valence-electron chi connectivity index (χ4n) is 3.05. The third kappa shape index (κ3) is 7.53. The molecule has 0 aromatic heterocycles. The van der Waals surface area contributed by atoms with Crippen molar-refractivity contribution in [2.24, 2.45) is 4.99 Å². The molecule has 0 radical (unpaired) electrons. The predicted octanol–water partition coefficient (Wildman–Crippen LogP) is 2.91. The largest absolute Gasteiger partial charge is 0.493 e. The SMILES string of the molecule is CCNC(=NCc1cc(OC)c(OC)c(OC)c1)NCc1ccccc1OCCN(C)C. The summed E-state index contributed by atoms with van der Waals surface area (Å²) in [4.78, 5) is 6.81. The minimum absolute atomic E-state index is 0.451. The fourth-order valence-corrected chi connectivity index (χ4v) is 3.05. The van der Waals surface area contributed by atoms with Gasteiger partial charge in [-0.15, -0.1) is 0 Å². The summed E-state index contributed by atoms with van der Waals surface area (Å²) in [5.74, 6) is 3.38. The zero-order chi connectivity index (χ0) is 23.3. The van der Waals surface area contributed by atoms with E-state index in [1.807, 2.05) is 51.4 Å². The van der Waals surface area contributed by atoms with E-state index >= 15 is 0 Å². The Kier molecular flexibility index (Phi) is 10.5. The van der Waals surface area contributed by atoms with E-state index in [0.717, 1.165) is 30.0 Å². The lowest BCUT2D eigenvalue weighted by molar-refractivity contribution is 0.259. The number of methoxy groups -OCH3 is 3. The quantitative estimate of drug-likeness (QED) is 0.385. The number of benzene rings is 2. The number of nitrogens with one attached hydrogen (secondary N) is 2. The van der Waals surface area contributed by atoms with Crippen LogP contribution in [0.25, 0.3) is 0 Å². The van der Waals surface area contributed by atoms with Gasteiger partial charge in [0.25, 0.3) is 0 Å². The van der Waals surface area contributed by atoms with Crippen molar-refractivity contribution in [2.75, 3.05) is 55.1 Å². The summed E-state index contributed by atoms with van der Waals surface area (Å²) < 4.78 is 22.2. The van der Waals surface area contributed by atoms with E-state index in [2.05, 4.69) is 21.6 Å². The van der Waals surface area contributed by atoms with Crippen LogP contribution < -0.4 is 29.6 Å². The first-order valence-corrected chi connectivity index (χ1v) is 10.7. The van der Waals surface area contributed by atoms with Crippen molar-refractivity contribution >= 4 is 5.96 Å². The van der Waals surface area contributed by atoms with Crippen molar-refractivity contribution in [3.8, 4) is 23.0 Å². The molecule has 2 aromatic rings. The molecule has 0 fully saturated rings. The zero-order valence-corrected chi connectivity index (χ0v) is 20.0. The molecular formula is C24H36N4O4. The van der Waals surface area contributed by atoms with E-state index in [1.54, 1.807) is 21.3 Å². The first kappa shape index (κ1) is 25.1. The maximum atomic E-state index is 5.96. The molecule has 32 heavy (non-hydrogen) atoms. The third-order valence-electron chi connectivity index (χ3n) is 4.70. The monoisotopic (exact) mass is 444 g/mol. The molecule has 0 aliphatic carbocycles. The molecule has 0 atom stereocenters. The Morgan fingerprint density at radius 1 is 0.938 bits per heavy atom. The molecule has 0 aliphatic heterocycles. The number of hydrogen-bond donors (Lipinski definition) is 2. The Morgan fingerprint density at radius 3 is 2.22 bits per heavy atom. The summed E-state index contributed by atoms with van der Waals surface area (Å²) in [6, 6.07) is 11.9. The Balaban J connectivity index is 2.10. The van der Waals surface area contributed by atoms with Crippen molar-refractivity contribution < 1.29 is 18.9 Å². The summed E-state index contributed by atoms with van der Waals surface area (Å²) in [5.41, 5.74) is 2.02. The van der Waals surface area contributed by atoms with Crippen LogP contribution in [0.1, 0.15) is 18.1 Å². The van der Waals surface area contributed by atoms with Gasteiger partial charge in [0.1, 0.15) is 12.4 Å². The number of rotatable bonds is 12. The zero-order valence-electron chi connectivity index (χ0n) is 20.0. The van der Waals surface area contributed by atoms with E-state index in [4.69, 9.17) is 23.9 Å². The highest BCUT2D eigenvalue weighted by atomic mass is 16.5. The average molecular weight is 445 g/mol. The molecule has 2 rings (SSSR count). The normalized spacial score (nSPS) is 11.3. The van der Waals surface area contributed by atoms with Crippen LogP contribution in [0.15, 0.2) is 41.4 Å². The second kappa shape index (κ2) is 13.3. The molecule has 0 saturated heterocycles. The van der Waals surface area contributed by atoms with Gasteiger partial charge in [-0.25, -0.2) is 4.99 Å². The predicted molar refractivity (Wildman–Crippen MR) is 128 cm³/mol. The second-order valence-corrected chi connectivity index (χ2v) is 7.34. The number of likely N-dealkylation sites (N-methyl/N-ethyl adjacent to an activating group) is 1. The lowest BCUT2D eigenvalue weighted by Crippen LogP contribution is -2.36. The smallest absolute Gasteiger partial charge is 0.203 e. The number of aliphatic imine (C=N–C) groups is 1. The molecule has 0 heterocycles. The minimum atomic E-state index is 0.451. The molecule has 0 spiro atoms. The Bertz CT molecular complexity index is 846. The van der Waals surface area contributed by atoms with Crippen LogP contribution in [0.5, 0.6) is 23.0 Å². The average Bonchev–Trinajstić information content (AvgIpc) is 2.80. The van der Waals surface area contributed by atoms with E-state index in [-0.39, 0.29) is 0 Å². The lowest BCUT2D eigenvalue weighted by atomic mass is 10.2. The number of para-hydroxylation sites is 1. The van der Waals surface area contributed by atoms with Crippen LogP contribution in [0.2, 0.25) is 0 Å². The van der Waals surface area contributed by atoms with E-state index < -0.39 is 0 Å². The second-order valence-electron chi connectivity index (χ2n) is 7.34. The molecule has 176 valence electrons. The van der Waals surface area contributed by atoms with Crippen LogP contribution in [0, 0.1) is 0 Å². The van der Waals surface area contributed by atoms with Gasteiger partial charge in [-0.1, -0.05) is 18.2 Å². The molecule has 8 heteroatoms. The summed E-state index contributed by atoms with van der Waals surface area (Å²) in [5, 5.41) is 6.67. The Labute approximate surface area is 191 Å². The van der Waals surface area contributed by atoms with Crippen LogP contribution in [-0.2, 0) is 13.1 Å². The van der Waals surface area contributed by atoms with Gasteiger partial charge >= 0.3 is 0 Å². The first-order valence-electron chi connectivity index (χ1n) is 10.7. The van der Waals surface area contributed by atoms with Crippen molar-refractivity contribution in [2.45, 2.75) is 20.0 Å². The molecule has 0 saturated carbocycles. The third-order valence-corrected chi connectivity index (χ3v) is 4.70. The molecule has 0 unspecified atom stereocenters. The van der Waals surface area contributed by atoms with Gasteiger partial charge in [0, 0.05) is 25.2 Å². The molecular weight excluding hydrogens is 408 g/mol. The fraction of sp³-hybridized carbons (Fsp3) is 0.458. The molecule has 0 aliphatic rings. The van der Waals surface area contributed by atoms with Crippen LogP contribution in [0.4, 0.5) is 0 Å². The van der Waals surface area contributed by atoms with Crippen molar-refractivity contribution in [1.82, 2.24) is 15.5 Å². The number of nitrogens with zero attached hydrogens (tertiary/aromatic N) is 2. The van der Waals surface area contributed by atoms with Gasteiger partial charge < -0.3 is 34.5 Å². The van der Waals surface area contributed by atoms with E-state index in [1.165, 1.54) is 0 Å². The van der Waals surface area contributed by atoms with Gasteiger partial charge in [0.2, 0.25) is 5.75 Å². The van der Waals surface area contributed by atoms with Crippen molar-refractivity contribution in [3.05, 3.63) is 47.5 Å². The topological polar surface area (TPSA) is 76.6 Å². The Hall–Kier alpha value is -3.13. The van der Waals surface area contributed by atoms with E-state index in [0.29, 0.717) is 42.9 Å². The number of ether oxygens (including phenoxy) is 4. The minimum Gasteiger partial charge on any atom is -0.493 e. The summed E-state index contributed by atoms with van der Waals surface area (Å²) in [6.45, 7) is 5.34. The summed E-state index contributed by atoms with van der Waals surface area (Å²) in [6.07, 6.45) is 0. The van der Waals surface area contributed by atoms with Crippen LogP contribution in [0.3, 0.4) is 0 Å². The Morgan fingerprint density at radius 2 is 1.62 bits per heavy atom. The molecule has 0 bridgehead atoms. The first-order chi connectivity index (χ1) is 15.5. The van der Waals surface area contributed by atoms with E-state index in [9.17, 15) is 0 Å². The number of hydrogen-bond acceptors (Lipinski definition) is 6. The molecule has 0 amide bonds. The molecule has 2 aromatic carbocycles. The summed E-state index contributed by atoms with van der Waals surface area (Å²) in [7, 11) is 8.86. The summed E-state index contributed by atoms with van der Waals surface area (Å²) >= 11 is 0. The van der Waals surface area contributed by atoms with Gasteiger partial charge in [-0.2, -0.15) is 0 Å². The molecule has 8 nitrogen and oxygen atoms in total. The molecule has 2 N–H and O–H groups in total. The van der Waals surface area contributed by atoms with Gasteiger partial charge in [0.05, 0.1) is 27.9 Å². The van der Waals surface area contributed by atoms with Crippen molar-refractivity contribution in [1.29, 1.82) is 0 Å². The highest BCUT2D eigenvalue weighted by molar-refractivity contribution is 5.79. The maximum absolute atomic E-state index is 5.96.